The third kappa shape index (κ3) is 5.05. The minimum Gasteiger partial charge on any atom is -0.508 e. The summed E-state index contributed by atoms with van der Waals surface area (Å²) in [6.07, 6.45) is 2.12. The van der Waals surface area contributed by atoms with Gasteiger partial charge in [0.25, 0.3) is 5.91 Å². The van der Waals surface area contributed by atoms with E-state index in [-0.39, 0.29) is 42.1 Å². The molecule has 1 saturated carbocycles. The number of unbranched alkanes of at least 4 members (excludes halogenated alkanes) is 1. The van der Waals surface area contributed by atoms with E-state index in [1.807, 2.05) is 19.1 Å². The number of nitrogens with two attached hydrogens (primary N) is 1. The van der Waals surface area contributed by atoms with Crippen LogP contribution in [0, 0.1) is 11.8 Å². The van der Waals surface area contributed by atoms with Gasteiger partial charge in [-0.1, -0.05) is 25.5 Å². The van der Waals surface area contributed by atoms with Crippen LogP contribution in [-0.4, -0.2) is 62.9 Å². The molecule has 0 aliphatic heterocycles. The van der Waals surface area contributed by atoms with Gasteiger partial charge in [-0.3, -0.25) is 19.2 Å². The SMILES string of the molecule is CCCCC(=O)CNCc1ccc(OC)c(-c2ccc(O)c3c2C[C@H]2C[C@H]4CC(=O)C(C(N)=O)=C(O)[C@@]4(O)C(=O)C2=C3O)c1. The molecule has 3 aliphatic rings. The maximum Gasteiger partial charge on any atom is 0.255 e. The number of phenolic OH excluding ortho intramolecular Hbond substituents is 1. The van der Waals surface area contributed by atoms with Crippen molar-refractivity contribution < 1.29 is 44.3 Å². The van der Waals surface area contributed by atoms with Gasteiger partial charge in [0.1, 0.15) is 34.4 Å². The van der Waals surface area contributed by atoms with Gasteiger partial charge in [-0.25, -0.2) is 0 Å². The molecule has 1 amide bonds. The van der Waals surface area contributed by atoms with E-state index in [0.717, 1.165) is 18.4 Å². The summed E-state index contributed by atoms with van der Waals surface area (Å²) in [4.78, 5) is 50.4. The predicted octanol–water partition coefficient (Wildman–Crippen LogP) is 2.95. The zero-order valence-corrected chi connectivity index (χ0v) is 24.6. The van der Waals surface area contributed by atoms with Crippen LogP contribution in [0.2, 0.25) is 0 Å². The molecule has 2 aromatic rings. The van der Waals surface area contributed by atoms with Crippen LogP contribution in [0.5, 0.6) is 11.5 Å². The Kier molecular flexibility index (Phi) is 8.37. The highest BCUT2D eigenvalue weighted by molar-refractivity contribution is 6.22. The number of primary amides is 1. The molecular weight excluding hydrogens is 568 g/mol. The third-order valence-corrected chi connectivity index (χ3v) is 8.96. The fraction of sp³-hybridized carbons (Fsp3) is 0.394. The van der Waals surface area contributed by atoms with E-state index in [2.05, 4.69) is 5.32 Å². The van der Waals surface area contributed by atoms with Gasteiger partial charge in [-0.15, -0.1) is 0 Å². The molecule has 0 unspecified atom stereocenters. The van der Waals surface area contributed by atoms with E-state index >= 15 is 0 Å². The van der Waals surface area contributed by atoms with Crippen LogP contribution in [0.3, 0.4) is 0 Å². The molecule has 44 heavy (non-hydrogen) atoms. The summed E-state index contributed by atoms with van der Waals surface area (Å²) in [5, 5.41) is 47.7. The lowest BCUT2D eigenvalue weighted by atomic mass is 9.59. The predicted molar refractivity (Wildman–Crippen MR) is 160 cm³/mol. The maximum absolute atomic E-state index is 13.8. The quantitative estimate of drug-likeness (QED) is 0.219. The molecule has 11 nitrogen and oxygen atoms in total. The number of hydrogen-bond acceptors (Lipinski definition) is 10. The Hall–Kier alpha value is -4.48. The Bertz CT molecular complexity index is 1640. The van der Waals surface area contributed by atoms with E-state index in [1.54, 1.807) is 12.1 Å². The lowest BCUT2D eigenvalue weighted by Gasteiger charge is -2.46. The molecule has 5 rings (SSSR count). The molecule has 0 bridgehead atoms. The number of phenols is 1. The summed E-state index contributed by atoms with van der Waals surface area (Å²) >= 11 is 0. The Morgan fingerprint density at radius 1 is 1.09 bits per heavy atom. The van der Waals surface area contributed by atoms with Crippen LogP contribution in [0.4, 0.5) is 0 Å². The first-order chi connectivity index (χ1) is 20.9. The van der Waals surface area contributed by atoms with Crippen molar-refractivity contribution in [3.05, 3.63) is 63.9 Å². The number of nitrogens with one attached hydrogen (secondary N) is 1. The molecule has 7 N–H and O–H groups in total. The van der Waals surface area contributed by atoms with Crippen molar-refractivity contribution in [1.82, 2.24) is 5.32 Å². The summed E-state index contributed by atoms with van der Waals surface area (Å²) in [5.74, 6) is -6.11. The van der Waals surface area contributed by atoms with Gasteiger partial charge in [0.2, 0.25) is 5.78 Å². The first-order valence-electron chi connectivity index (χ1n) is 14.7. The molecule has 0 aromatic heterocycles. The number of aromatic hydroxyl groups is 1. The molecule has 0 spiro atoms. The molecule has 0 heterocycles. The van der Waals surface area contributed by atoms with E-state index in [4.69, 9.17) is 10.5 Å². The smallest absolute Gasteiger partial charge is 0.255 e. The number of carbonyl (C=O) groups is 4. The molecule has 1 fully saturated rings. The van der Waals surface area contributed by atoms with Crippen LogP contribution in [0.1, 0.15) is 55.7 Å². The van der Waals surface area contributed by atoms with Gasteiger partial charge >= 0.3 is 0 Å². The number of benzene rings is 2. The van der Waals surface area contributed by atoms with E-state index in [9.17, 15) is 39.6 Å². The summed E-state index contributed by atoms with van der Waals surface area (Å²) in [7, 11) is 1.52. The number of ether oxygens (including phenoxy) is 1. The Balaban J connectivity index is 1.56. The van der Waals surface area contributed by atoms with Crippen molar-refractivity contribution in [3.8, 4) is 22.6 Å². The summed E-state index contributed by atoms with van der Waals surface area (Å²) in [6, 6.07) is 8.63. The second kappa shape index (κ2) is 11.9. The van der Waals surface area contributed by atoms with Gasteiger partial charge in [0.15, 0.2) is 11.4 Å². The van der Waals surface area contributed by atoms with E-state index in [1.165, 1.54) is 13.2 Å². The minimum absolute atomic E-state index is 0.00160. The van der Waals surface area contributed by atoms with Crippen molar-refractivity contribution in [3.63, 3.8) is 0 Å². The molecule has 0 radical (unpaired) electrons. The number of Topliss-reactive ketones (excluding diaryl/α,β-unsaturated/α-hetero) is 3. The number of amides is 1. The van der Waals surface area contributed by atoms with Gasteiger partial charge in [0.05, 0.1) is 19.2 Å². The van der Waals surface area contributed by atoms with Crippen molar-refractivity contribution >= 4 is 29.0 Å². The Morgan fingerprint density at radius 3 is 2.52 bits per heavy atom. The van der Waals surface area contributed by atoms with Gasteiger partial charge < -0.3 is 36.2 Å². The molecule has 11 heteroatoms. The van der Waals surface area contributed by atoms with Gasteiger partial charge in [0, 0.05) is 36.4 Å². The highest BCUT2D eigenvalue weighted by Crippen LogP contribution is 2.53. The highest BCUT2D eigenvalue weighted by Gasteiger charge is 2.60. The van der Waals surface area contributed by atoms with Crippen LogP contribution in [0.15, 0.2) is 47.2 Å². The number of hydrogen-bond donors (Lipinski definition) is 6. The van der Waals surface area contributed by atoms with Crippen molar-refractivity contribution in [1.29, 1.82) is 0 Å². The van der Waals surface area contributed by atoms with Crippen LogP contribution in [-0.2, 0) is 32.1 Å². The van der Waals surface area contributed by atoms with E-state index in [0.29, 0.717) is 35.4 Å². The summed E-state index contributed by atoms with van der Waals surface area (Å²) in [6.45, 7) is 2.69. The number of fused-ring (bicyclic) bond motifs is 3. The normalized spacial score (nSPS) is 22.8. The van der Waals surface area contributed by atoms with E-state index < -0.39 is 58.4 Å². The fourth-order valence-corrected chi connectivity index (χ4v) is 6.76. The van der Waals surface area contributed by atoms with Crippen LogP contribution < -0.4 is 15.8 Å². The number of rotatable bonds is 10. The second-order valence-electron chi connectivity index (χ2n) is 11.7. The Morgan fingerprint density at radius 2 is 1.84 bits per heavy atom. The highest BCUT2D eigenvalue weighted by atomic mass is 16.5. The minimum atomic E-state index is -2.62. The number of ketones is 3. The van der Waals surface area contributed by atoms with Crippen molar-refractivity contribution in [2.75, 3.05) is 13.7 Å². The van der Waals surface area contributed by atoms with Crippen LogP contribution >= 0.6 is 0 Å². The number of aliphatic hydroxyl groups is 3. The zero-order valence-electron chi connectivity index (χ0n) is 24.6. The van der Waals surface area contributed by atoms with Gasteiger partial charge in [-0.2, -0.15) is 0 Å². The lowest BCUT2D eigenvalue weighted by molar-refractivity contribution is -0.147. The standard InChI is InChI=1S/C33H36N2O9/c1-3-4-5-19(36)15-35-14-16-6-9-25(44-2)21(10-16)20-7-8-23(37)27-22(20)12-17-11-18-13-24(38)28(32(34)42)31(41)33(18,43)30(40)26(17)29(27)39/h6-10,17-18,35,37,39,41,43H,3-5,11-15H2,1-2H3,(H2,34,42)/t17-,18+,33+/m1/s1. The maximum atomic E-state index is 13.8. The lowest BCUT2D eigenvalue weighted by Crippen LogP contribution is -2.58. The number of methoxy groups -OCH3 is 1. The Labute approximate surface area is 254 Å². The van der Waals surface area contributed by atoms with Crippen LogP contribution in [0.25, 0.3) is 16.9 Å². The monoisotopic (exact) mass is 604 g/mol. The second-order valence-corrected chi connectivity index (χ2v) is 11.7. The van der Waals surface area contributed by atoms with Crippen molar-refractivity contribution in [2.45, 2.75) is 57.6 Å². The molecule has 2 aromatic carbocycles. The first-order valence-corrected chi connectivity index (χ1v) is 14.7. The third-order valence-electron chi connectivity index (χ3n) is 8.96. The molecule has 232 valence electrons. The molecule has 3 atom stereocenters. The first kappa shape index (κ1) is 31.0. The summed E-state index contributed by atoms with van der Waals surface area (Å²) in [5.41, 5.74) is 4.30. The van der Waals surface area contributed by atoms with Gasteiger partial charge in [-0.05, 0) is 60.1 Å². The summed E-state index contributed by atoms with van der Waals surface area (Å²) < 4.78 is 5.64. The fourth-order valence-electron chi connectivity index (χ4n) is 6.76. The average molecular weight is 605 g/mol. The largest absolute Gasteiger partial charge is 0.508 e. The average Bonchev–Trinajstić information content (AvgIpc) is 2.97. The number of aliphatic hydroxyl groups excluding tert-OH is 2. The molecule has 3 aliphatic carbocycles. The molecule has 0 saturated heterocycles. The van der Waals surface area contributed by atoms with Crippen molar-refractivity contribution in [2.24, 2.45) is 17.6 Å². The number of carbonyl (C=O) groups excluding carboxylic acids is 4. The zero-order chi connectivity index (χ0) is 31.9. The topological polar surface area (TPSA) is 196 Å². The molecular formula is C33H36N2O9.